The summed E-state index contributed by atoms with van der Waals surface area (Å²) in [6.45, 7) is 4.37. The molecule has 1 aromatic rings. The molecule has 0 saturated carbocycles. The lowest BCUT2D eigenvalue weighted by Crippen LogP contribution is -2.19. The van der Waals surface area contributed by atoms with Gasteiger partial charge in [-0.2, -0.15) is 4.98 Å². The van der Waals surface area contributed by atoms with Crippen LogP contribution in [0.2, 0.25) is 0 Å². The molecule has 1 atom stereocenters. The van der Waals surface area contributed by atoms with Gasteiger partial charge >= 0.3 is 0 Å². The summed E-state index contributed by atoms with van der Waals surface area (Å²) in [5.74, 6) is 0.212. The normalized spacial score (nSPS) is 20.6. The molecule has 88 valence electrons. The summed E-state index contributed by atoms with van der Waals surface area (Å²) in [5.41, 5.74) is 0.0646. The number of aromatic amines is 1. The monoisotopic (exact) mass is 224 g/mol. The van der Waals surface area contributed by atoms with Crippen LogP contribution in [-0.2, 0) is 4.74 Å². The number of hydrogen-bond acceptors (Lipinski definition) is 4. The van der Waals surface area contributed by atoms with Crippen LogP contribution in [0.25, 0.3) is 0 Å². The van der Waals surface area contributed by atoms with Crippen molar-refractivity contribution in [2.24, 2.45) is 0 Å². The molecule has 5 heteroatoms. The average molecular weight is 224 g/mol. The van der Waals surface area contributed by atoms with Gasteiger partial charge < -0.3 is 14.8 Å². The Balaban J connectivity index is 2.40. The SMILES string of the molecule is CC(C)c1c(O)nc(C2CCCO2)[nH]c1=O. The summed E-state index contributed by atoms with van der Waals surface area (Å²) in [6.07, 6.45) is 1.62. The second-order valence-electron chi connectivity index (χ2n) is 4.34. The molecule has 2 rings (SSSR count). The zero-order valence-electron chi connectivity index (χ0n) is 9.49. The molecule has 0 bridgehead atoms. The molecule has 0 radical (unpaired) electrons. The number of rotatable bonds is 2. The minimum atomic E-state index is -0.270. The van der Waals surface area contributed by atoms with Gasteiger partial charge in [-0.05, 0) is 18.8 Å². The fourth-order valence-electron chi connectivity index (χ4n) is 1.95. The van der Waals surface area contributed by atoms with E-state index in [4.69, 9.17) is 4.74 Å². The number of H-pyrrole nitrogens is 1. The van der Waals surface area contributed by atoms with Crippen LogP contribution in [-0.4, -0.2) is 21.7 Å². The van der Waals surface area contributed by atoms with E-state index in [0.717, 1.165) is 12.8 Å². The molecule has 16 heavy (non-hydrogen) atoms. The highest BCUT2D eigenvalue weighted by atomic mass is 16.5. The van der Waals surface area contributed by atoms with Gasteiger partial charge in [-0.1, -0.05) is 13.8 Å². The summed E-state index contributed by atoms with van der Waals surface area (Å²) < 4.78 is 5.41. The van der Waals surface area contributed by atoms with Gasteiger partial charge in [0.05, 0.1) is 5.56 Å². The molecule has 1 saturated heterocycles. The van der Waals surface area contributed by atoms with Crippen molar-refractivity contribution in [3.63, 3.8) is 0 Å². The van der Waals surface area contributed by atoms with E-state index in [1.807, 2.05) is 13.8 Å². The fourth-order valence-corrected chi connectivity index (χ4v) is 1.95. The Hall–Kier alpha value is -1.36. The molecule has 5 nitrogen and oxygen atoms in total. The maximum atomic E-state index is 11.7. The van der Waals surface area contributed by atoms with Gasteiger partial charge in [0, 0.05) is 6.61 Å². The number of hydrogen-bond donors (Lipinski definition) is 2. The lowest BCUT2D eigenvalue weighted by molar-refractivity contribution is 0.104. The Kier molecular flexibility index (Phi) is 2.96. The van der Waals surface area contributed by atoms with Crippen LogP contribution in [0.4, 0.5) is 0 Å². The zero-order valence-corrected chi connectivity index (χ0v) is 9.49. The average Bonchev–Trinajstić information content (AvgIpc) is 2.67. The van der Waals surface area contributed by atoms with Gasteiger partial charge in [0.1, 0.15) is 11.9 Å². The summed E-state index contributed by atoms with van der Waals surface area (Å²) in [7, 11) is 0. The van der Waals surface area contributed by atoms with Crippen molar-refractivity contribution in [3.8, 4) is 5.88 Å². The predicted octanol–water partition coefficient (Wildman–Crippen LogP) is 1.45. The van der Waals surface area contributed by atoms with E-state index >= 15 is 0 Å². The highest BCUT2D eigenvalue weighted by Crippen LogP contribution is 2.27. The van der Waals surface area contributed by atoms with Crippen LogP contribution in [0.5, 0.6) is 5.88 Å². The zero-order chi connectivity index (χ0) is 11.7. The Labute approximate surface area is 93.5 Å². The van der Waals surface area contributed by atoms with E-state index in [2.05, 4.69) is 9.97 Å². The molecule has 2 N–H and O–H groups in total. The fraction of sp³-hybridized carbons (Fsp3) is 0.636. The van der Waals surface area contributed by atoms with Crippen LogP contribution in [0.1, 0.15) is 50.1 Å². The van der Waals surface area contributed by atoms with Gasteiger partial charge in [-0.15, -0.1) is 0 Å². The molecule has 0 aliphatic carbocycles. The maximum absolute atomic E-state index is 11.7. The molecule has 1 aromatic heterocycles. The van der Waals surface area contributed by atoms with Crippen molar-refractivity contribution in [1.29, 1.82) is 0 Å². The standard InChI is InChI=1S/C11H16N2O3/c1-6(2)8-10(14)12-9(13-11(8)15)7-4-3-5-16-7/h6-7H,3-5H2,1-2H3,(H2,12,13,14,15). The van der Waals surface area contributed by atoms with Crippen molar-refractivity contribution in [2.45, 2.75) is 38.7 Å². The van der Waals surface area contributed by atoms with Crippen molar-refractivity contribution >= 4 is 0 Å². The smallest absolute Gasteiger partial charge is 0.258 e. The number of ether oxygens (including phenoxy) is 1. The molecule has 2 heterocycles. The molecule has 0 amide bonds. The molecule has 0 aromatic carbocycles. The third-order valence-corrected chi connectivity index (χ3v) is 2.77. The van der Waals surface area contributed by atoms with E-state index in [-0.39, 0.29) is 23.5 Å². The van der Waals surface area contributed by atoms with E-state index in [1.165, 1.54) is 0 Å². The first-order chi connectivity index (χ1) is 7.59. The quantitative estimate of drug-likeness (QED) is 0.797. The first-order valence-corrected chi connectivity index (χ1v) is 5.54. The van der Waals surface area contributed by atoms with Crippen molar-refractivity contribution in [2.75, 3.05) is 6.61 Å². The lowest BCUT2D eigenvalue weighted by Gasteiger charge is -2.11. The maximum Gasteiger partial charge on any atom is 0.258 e. The van der Waals surface area contributed by atoms with Crippen LogP contribution in [0.15, 0.2) is 4.79 Å². The third-order valence-electron chi connectivity index (χ3n) is 2.77. The minimum Gasteiger partial charge on any atom is -0.493 e. The Morgan fingerprint density at radius 2 is 2.31 bits per heavy atom. The van der Waals surface area contributed by atoms with Gasteiger partial charge in [0.25, 0.3) is 5.56 Å². The molecule has 1 unspecified atom stereocenters. The Morgan fingerprint density at radius 3 is 2.81 bits per heavy atom. The highest BCUT2D eigenvalue weighted by molar-refractivity contribution is 5.26. The predicted molar refractivity (Wildman–Crippen MR) is 58.5 cm³/mol. The molecule has 0 spiro atoms. The van der Waals surface area contributed by atoms with E-state index in [0.29, 0.717) is 18.0 Å². The molecule has 1 fully saturated rings. The van der Waals surface area contributed by atoms with Crippen molar-refractivity contribution in [1.82, 2.24) is 9.97 Å². The Morgan fingerprint density at radius 1 is 1.56 bits per heavy atom. The molecular weight excluding hydrogens is 208 g/mol. The molecule has 1 aliphatic rings. The van der Waals surface area contributed by atoms with E-state index < -0.39 is 0 Å². The summed E-state index contributed by atoms with van der Waals surface area (Å²) >= 11 is 0. The number of aromatic nitrogens is 2. The number of nitrogens with one attached hydrogen (secondary N) is 1. The lowest BCUT2D eigenvalue weighted by atomic mass is 10.1. The summed E-state index contributed by atoms with van der Waals surface area (Å²) in [5, 5.41) is 9.72. The summed E-state index contributed by atoms with van der Waals surface area (Å²) in [6, 6.07) is 0. The van der Waals surface area contributed by atoms with Crippen molar-refractivity contribution < 1.29 is 9.84 Å². The highest BCUT2D eigenvalue weighted by Gasteiger charge is 2.23. The minimum absolute atomic E-state index is 0.0465. The van der Waals surface area contributed by atoms with E-state index in [1.54, 1.807) is 0 Å². The summed E-state index contributed by atoms with van der Waals surface area (Å²) in [4.78, 5) is 18.4. The molecule has 1 aliphatic heterocycles. The van der Waals surface area contributed by atoms with Crippen LogP contribution in [0, 0.1) is 0 Å². The number of aromatic hydroxyl groups is 1. The van der Waals surface area contributed by atoms with Crippen molar-refractivity contribution in [3.05, 3.63) is 21.7 Å². The van der Waals surface area contributed by atoms with Crippen LogP contribution in [0.3, 0.4) is 0 Å². The Bertz CT molecular complexity index is 433. The van der Waals surface area contributed by atoms with Gasteiger partial charge in [-0.25, -0.2) is 0 Å². The first-order valence-electron chi connectivity index (χ1n) is 5.54. The third kappa shape index (κ3) is 1.95. The van der Waals surface area contributed by atoms with Gasteiger partial charge in [-0.3, -0.25) is 4.79 Å². The van der Waals surface area contributed by atoms with E-state index in [9.17, 15) is 9.90 Å². The topological polar surface area (TPSA) is 75.2 Å². The van der Waals surface area contributed by atoms with Crippen LogP contribution < -0.4 is 5.56 Å². The number of nitrogens with zero attached hydrogens (tertiary/aromatic N) is 1. The first kappa shape index (κ1) is 11.1. The second-order valence-corrected chi connectivity index (χ2v) is 4.34. The second kappa shape index (κ2) is 4.25. The largest absolute Gasteiger partial charge is 0.493 e. The molecular formula is C11H16N2O3. The van der Waals surface area contributed by atoms with Crippen LogP contribution >= 0.6 is 0 Å². The van der Waals surface area contributed by atoms with Gasteiger partial charge in [0.15, 0.2) is 0 Å². The van der Waals surface area contributed by atoms with Gasteiger partial charge in [0.2, 0.25) is 5.88 Å².